The van der Waals surface area contributed by atoms with E-state index < -0.39 is 17.2 Å². The number of aryl methyl sites for hydroxylation is 3. The highest BCUT2D eigenvalue weighted by Crippen LogP contribution is 2.27. The summed E-state index contributed by atoms with van der Waals surface area (Å²) in [5.74, 6) is -0.108. The summed E-state index contributed by atoms with van der Waals surface area (Å²) in [5.41, 5.74) is 0.886. The van der Waals surface area contributed by atoms with Crippen molar-refractivity contribution in [3.63, 3.8) is 0 Å². The Kier molecular flexibility index (Phi) is 7.01. The molecular formula is C23H26N6O4S. The number of nitrogens with one attached hydrogen (secondary N) is 1. The summed E-state index contributed by atoms with van der Waals surface area (Å²) in [6.07, 6.45) is 4.07. The smallest absolute Gasteiger partial charge is 0.350 e. The second-order valence-corrected chi connectivity index (χ2v) is 8.84. The molecule has 0 amide bonds. The van der Waals surface area contributed by atoms with Gasteiger partial charge in [-0.3, -0.25) is 19.3 Å². The normalized spacial score (nSPS) is 11.3. The molecule has 0 unspecified atom stereocenters. The third kappa shape index (κ3) is 4.56. The van der Waals surface area contributed by atoms with Gasteiger partial charge >= 0.3 is 11.7 Å². The van der Waals surface area contributed by atoms with E-state index in [1.54, 1.807) is 17.7 Å². The molecular weight excluding hydrogens is 456 g/mol. The van der Waals surface area contributed by atoms with E-state index in [2.05, 4.69) is 19.9 Å². The Labute approximate surface area is 199 Å². The van der Waals surface area contributed by atoms with Gasteiger partial charge in [-0.05, 0) is 31.9 Å². The van der Waals surface area contributed by atoms with Crippen molar-refractivity contribution in [3.05, 3.63) is 61.6 Å². The third-order valence-corrected chi connectivity index (χ3v) is 6.51. The highest BCUT2D eigenvalue weighted by Gasteiger charge is 2.22. The molecule has 0 atom stereocenters. The fourth-order valence-corrected chi connectivity index (χ4v) is 4.63. The van der Waals surface area contributed by atoms with Crippen molar-refractivity contribution < 1.29 is 9.53 Å². The molecule has 0 saturated heterocycles. The highest BCUT2D eigenvalue weighted by atomic mass is 32.1. The molecule has 0 fully saturated rings. The predicted octanol–water partition coefficient (Wildman–Crippen LogP) is 3.28. The van der Waals surface area contributed by atoms with E-state index in [1.165, 1.54) is 15.9 Å². The van der Waals surface area contributed by atoms with Crippen LogP contribution < -0.4 is 11.2 Å². The van der Waals surface area contributed by atoms with Crippen LogP contribution in [-0.4, -0.2) is 35.0 Å². The number of esters is 1. The van der Waals surface area contributed by atoms with Crippen LogP contribution in [0.2, 0.25) is 0 Å². The van der Waals surface area contributed by atoms with Gasteiger partial charge in [0.05, 0.1) is 11.4 Å². The third-order valence-electron chi connectivity index (χ3n) is 5.35. The highest BCUT2D eigenvalue weighted by molar-refractivity contribution is 7.17. The molecule has 0 saturated carbocycles. The summed E-state index contributed by atoms with van der Waals surface area (Å²) in [6, 6.07) is 5.50. The number of pyridine rings is 1. The van der Waals surface area contributed by atoms with Crippen LogP contribution in [0.4, 0.5) is 0 Å². The van der Waals surface area contributed by atoms with Crippen molar-refractivity contribution >= 4 is 28.5 Å². The van der Waals surface area contributed by atoms with Crippen LogP contribution in [0, 0.1) is 6.92 Å². The van der Waals surface area contributed by atoms with Gasteiger partial charge in [-0.25, -0.2) is 19.6 Å². The molecule has 0 aromatic carbocycles. The number of rotatable bonds is 9. The monoisotopic (exact) mass is 482 g/mol. The molecule has 1 N–H and O–H groups in total. The lowest BCUT2D eigenvalue weighted by Gasteiger charge is -2.08. The number of ether oxygens (including phenoxy) is 1. The van der Waals surface area contributed by atoms with Gasteiger partial charge in [0.25, 0.3) is 5.56 Å². The molecule has 4 aromatic heterocycles. The minimum atomic E-state index is -0.524. The fraction of sp³-hybridized carbons (Fsp3) is 0.391. The summed E-state index contributed by atoms with van der Waals surface area (Å²) in [7, 11) is 0. The largest absolute Gasteiger partial charge is 0.453 e. The van der Waals surface area contributed by atoms with E-state index in [-0.39, 0.29) is 6.61 Å². The number of unbranched alkanes of at least 4 members (excludes halogenated alkanes) is 1. The Morgan fingerprint density at radius 1 is 1.12 bits per heavy atom. The summed E-state index contributed by atoms with van der Waals surface area (Å²) >= 11 is 1.22. The lowest BCUT2D eigenvalue weighted by Crippen LogP contribution is -2.31. The zero-order chi connectivity index (χ0) is 24.2. The van der Waals surface area contributed by atoms with E-state index in [4.69, 9.17) is 4.74 Å². The van der Waals surface area contributed by atoms with Crippen LogP contribution >= 0.6 is 11.3 Å². The molecule has 178 valence electrons. The minimum Gasteiger partial charge on any atom is -0.453 e. The van der Waals surface area contributed by atoms with Crippen LogP contribution in [0.1, 0.15) is 54.3 Å². The number of hydrogen-bond donors (Lipinski definition) is 1. The molecule has 0 radical (unpaired) electrons. The Morgan fingerprint density at radius 3 is 2.65 bits per heavy atom. The van der Waals surface area contributed by atoms with E-state index in [0.29, 0.717) is 51.4 Å². The molecule has 11 heteroatoms. The zero-order valence-corrected chi connectivity index (χ0v) is 20.1. The average Bonchev–Trinajstić information content (AvgIpc) is 3.39. The SMILES string of the molecule is CCCCn1c(=O)[nH]c(=O)c2c1nc(COC(=O)c1sc(-c3ccccn3)nc1C)n2CCC. The Balaban J connectivity index is 1.65. The maximum Gasteiger partial charge on any atom is 0.350 e. The second-order valence-electron chi connectivity index (χ2n) is 7.84. The number of aromatic nitrogens is 6. The van der Waals surface area contributed by atoms with E-state index >= 15 is 0 Å². The molecule has 4 rings (SSSR count). The lowest BCUT2D eigenvalue weighted by atomic mass is 10.3. The van der Waals surface area contributed by atoms with Crippen LogP contribution in [-0.2, 0) is 24.4 Å². The number of nitrogens with zero attached hydrogens (tertiary/aromatic N) is 5. The first-order valence-electron chi connectivity index (χ1n) is 11.2. The summed E-state index contributed by atoms with van der Waals surface area (Å²) < 4.78 is 8.78. The Bertz CT molecular complexity index is 1430. The van der Waals surface area contributed by atoms with Gasteiger partial charge in [-0.15, -0.1) is 11.3 Å². The maximum absolute atomic E-state index is 12.9. The van der Waals surface area contributed by atoms with Crippen LogP contribution in [0.3, 0.4) is 0 Å². The number of imidazole rings is 1. The first kappa shape index (κ1) is 23.6. The molecule has 34 heavy (non-hydrogen) atoms. The van der Waals surface area contributed by atoms with Crippen molar-refractivity contribution in [2.75, 3.05) is 0 Å². The second kappa shape index (κ2) is 10.1. The summed E-state index contributed by atoms with van der Waals surface area (Å²) in [5, 5.41) is 0.634. The van der Waals surface area contributed by atoms with Crippen molar-refractivity contribution in [1.82, 2.24) is 29.1 Å². The predicted molar refractivity (Wildman–Crippen MR) is 129 cm³/mol. The van der Waals surface area contributed by atoms with Crippen molar-refractivity contribution in [1.29, 1.82) is 0 Å². The van der Waals surface area contributed by atoms with Gasteiger partial charge in [-0.1, -0.05) is 26.3 Å². The Morgan fingerprint density at radius 2 is 1.94 bits per heavy atom. The molecule has 0 aliphatic heterocycles. The number of hydrogen-bond acceptors (Lipinski definition) is 8. The number of aromatic amines is 1. The molecule has 0 aliphatic carbocycles. The number of carbonyl (C=O) groups is 1. The van der Waals surface area contributed by atoms with Crippen LogP contribution in [0.15, 0.2) is 34.0 Å². The number of fused-ring (bicyclic) bond motifs is 1. The van der Waals surface area contributed by atoms with Crippen molar-refractivity contribution in [2.45, 2.75) is 59.7 Å². The molecule has 0 aliphatic rings. The van der Waals surface area contributed by atoms with Gasteiger partial charge in [0.2, 0.25) is 0 Å². The van der Waals surface area contributed by atoms with Crippen LogP contribution in [0.25, 0.3) is 21.9 Å². The first-order valence-corrected chi connectivity index (χ1v) is 12.0. The number of carbonyl (C=O) groups excluding carboxylic acids is 1. The quantitative estimate of drug-likeness (QED) is 0.363. The van der Waals surface area contributed by atoms with E-state index in [1.807, 2.05) is 32.0 Å². The van der Waals surface area contributed by atoms with E-state index in [0.717, 1.165) is 19.3 Å². The molecule has 0 bridgehead atoms. The van der Waals surface area contributed by atoms with Gasteiger partial charge < -0.3 is 9.30 Å². The lowest BCUT2D eigenvalue weighted by molar-refractivity contribution is 0.0463. The zero-order valence-electron chi connectivity index (χ0n) is 19.3. The number of thiazole rings is 1. The Hall–Kier alpha value is -3.60. The van der Waals surface area contributed by atoms with Gasteiger partial charge in [0.1, 0.15) is 22.3 Å². The molecule has 4 heterocycles. The van der Waals surface area contributed by atoms with Crippen molar-refractivity contribution in [2.24, 2.45) is 0 Å². The summed E-state index contributed by atoms with van der Waals surface area (Å²) in [6.45, 7) is 6.56. The fourth-order valence-electron chi connectivity index (χ4n) is 3.70. The first-order chi connectivity index (χ1) is 16.4. The van der Waals surface area contributed by atoms with Crippen LogP contribution in [0.5, 0.6) is 0 Å². The number of H-pyrrole nitrogens is 1. The molecule has 4 aromatic rings. The minimum absolute atomic E-state index is 0.134. The topological polar surface area (TPSA) is 125 Å². The van der Waals surface area contributed by atoms with Gasteiger partial charge in [0.15, 0.2) is 11.2 Å². The molecule has 0 spiro atoms. The van der Waals surface area contributed by atoms with Gasteiger partial charge in [-0.2, -0.15) is 0 Å². The average molecular weight is 483 g/mol. The van der Waals surface area contributed by atoms with Gasteiger partial charge in [0, 0.05) is 19.3 Å². The molecule has 10 nitrogen and oxygen atoms in total. The van der Waals surface area contributed by atoms with E-state index in [9.17, 15) is 14.4 Å². The maximum atomic E-state index is 12.9. The standard InChI is InChI=1S/C23H26N6O4S/c1-4-6-12-29-19-17(20(30)27-23(29)32)28(11-5-2)16(26-19)13-33-22(31)18-14(3)25-21(34-18)15-9-7-8-10-24-15/h7-10H,4-6,11-13H2,1-3H3,(H,27,30,32). The van der Waals surface area contributed by atoms with Crippen molar-refractivity contribution in [3.8, 4) is 10.7 Å². The summed E-state index contributed by atoms with van der Waals surface area (Å²) in [4.78, 5) is 54.0.